The van der Waals surface area contributed by atoms with Crippen molar-refractivity contribution in [1.29, 1.82) is 0 Å². The first kappa shape index (κ1) is 23.3. The van der Waals surface area contributed by atoms with Crippen molar-refractivity contribution in [1.82, 2.24) is 25.5 Å². The Morgan fingerprint density at radius 2 is 1.85 bits per heavy atom. The van der Waals surface area contributed by atoms with Crippen LogP contribution in [0.5, 0.6) is 0 Å². The highest BCUT2D eigenvalue weighted by atomic mass is 35.5. The van der Waals surface area contributed by atoms with E-state index in [1.54, 1.807) is 12.1 Å². The number of ether oxygens (including phenoxy) is 1. The zero-order valence-electron chi connectivity index (χ0n) is 18.8. The molecule has 2 atom stereocenters. The first-order chi connectivity index (χ1) is 16.5. The minimum atomic E-state index is -0.180. The Hall–Kier alpha value is -2.46. The van der Waals surface area contributed by atoms with Crippen LogP contribution in [-0.4, -0.2) is 65.1 Å². The molecule has 180 valence electrons. The van der Waals surface area contributed by atoms with Crippen LogP contribution in [0.1, 0.15) is 51.7 Å². The van der Waals surface area contributed by atoms with Crippen LogP contribution in [-0.2, 0) is 11.3 Å². The lowest BCUT2D eigenvalue weighted by Gasteiger charge is -2.32. The van der Waals surface area contributed by atoms with Crippen molar-refractivity contribution in [2.45, 2.75) is 44.3 Å². The van der Waals surface area contributed by atoms with Gasteiger partial charge >= 0.3 is 0 Å². The molecule has 1 aliphatic carbocycles. The van der Waals surface area contributed by atoms with Crippen molar-refractivity contribution >= 4 is 45.7 Å². The fourth-order valence-electron chi connectivity index (χ4n) is 4.65. The number of hydrogen-bond acceptors (Lipinski definition) is 6. The number of halogens is 1. The molecular formula is C24H28ClN5O3S. The number of H-pyrrole nitrogens is 1. The molecule has 1 aliphatic heterocycles. The Morgan fingerprint density at radius 3 is 2.62 bits per heavy atom. The number of hydrogen-bond donors (Lipinski definition) is 3. The predicted molar refractivity (Wildman–Crippen MR) is 132 cm³/mol. The third-order valence-electron chi connectivity index (χ3n) is 6.46. The van der Waals surface area contributed by atoms with Gasteiger partial charge in [-0.05, 0) is 37.1 Å². The zero-order chi connectivity index (χ0) is 23.5. The highest BCUT2D eigenvalue weighted by Gasteiger charge is 2.29. The van der Waals surface area contributed by atoms with Gasteiger partial charge in [-0.1, -0.05) is 24.4 Å². The van der Waals surface area contributed by atoms with Gasteiger partial charge in [0.15, 0.2) is 5.01 Å². The molecule has 2 amide bonds. The monoisotopic (exact) mass is 501 g/mol. The fraction of sp³-hybridized carbons (Fsp3) is 0.458. The molecule has 5 rings (SSSR count). The summed E-state index contributed by atoms with van der Waals surface area (Å²) in [6.07, 6.45) is 3.68. The lowest BCUT2D eigenvalue weighted by Crippen LogP contribution is -2.53. The molecule has 0 bridgehead atoms. The number of nitrogens with zero attached hydrogens (tertiary/aromatic N) is 2. The maximum atomic E-state index is 12.9. The number of morpholine rings is 1. The lowest BCUT2D eigenvalue weighted by atomic mass is 9.90. The van der Waals surface area contributed by atoms with E-state index < -0.39 is 0 Å². The quantitative estimate of drug-likeness (QED) is 0.479. The molecule has 2 aliphatic rings. The number of rotatable bonds is 6. The van der Waals surface area contributed by atoms with Crippen LogP contribution in [0.15, 0.2) is 29.6 Å². The summed E-state index contributed by atoms with van der Waals surface area (Å²) in [5.74, 6) is -0.356. The third-order valence-corrected chi connectivity index (χ3v) is 7.59. The van der Waals surface area contributed by atoms with Gasteiger partial charge in [-0.15, -0.1) is 11.3 Å². The number of benzene rings is 1. The molecule has 3 heterocycles. The second kappa shape index (κ2) is 10.4. The van der Waals surface area contributed by atoms with E-state index in [0.717, 1.165) is 75.1 Å². The predicted octanol–water partition coefficient (Wildman–Crippen LogP) is 3.58. The van der Waals surface area contributed by atoms with E-state index in [-0.39, 0.29) is 23.9 Å². The molecular weight excluding hydrogens is 474 g/mol. The molecule has 8 nitrogen and oxygen atoms in total. The third kappa shape index (κ3) is 5.43. The number of aromatic nitrogens is 2. The van der Waals surface area contributed by atoms with Crippen LogP contribution < -0.4 is 10.6 Å². The van der Waals surface area contributed by atoms with Crippen molar-refractivity contribution in [3.63, 3.8) is 0 Å². The number of thiazole rings is 1. The van der Waals surface area contributed by atoms with Gasteiger partial charge in [0.2, 0.25) is 0 Å². The molecule has 0 radical (unpaired) electrons. The number of carbonyl (C=O) groups is 2. The van der Waals surface area contributed by atoms with Gasteiger partial charge in [-0.2, -0.15) is 0 Å². The van der Waals surface area contributed by atoms with Crippen LogP contribution >= 0.6 is 22.9 Å². The first-order valence-corrected chi connectivity index (χ1v) is 13.0. The highest BCUT2D eigenvalue weighted by Crippen LogP contribution is 2.23. The van der Waals surface area contributed by atoms with E-state index in [1.807, 2.05) is 17.5 Å². The molecule has 0 unspecified atom stereocenters. The lowest BCUT2D eigenvalue weighted by molar-refractivity contribution is 0.0337. The van der Waals surface area contributed by atoms with Gasteiger partial charge in [0, 0.05) is 53.0 Å². The van der Waals surface area contributed by atoms with E-state index in [9.17, 15) is 9.59 Å². The summed E-state index contributed by atoms with van der Waals surface area (Å²) in [4.78, 5) is 35.9. The average molecular weight is 502 g/mol. The summed E-state index contributed by atoms with van der Waals surface area (Å²) >= 11 is 7.43. The molecule has 34 heavy (non-hydrogen) atoms. The summed E-state index contributed by atoms with van der Waals surface area (Å²) in [6.45, 7) is 3.96. The van der Waals surface area contributed by atoms with Crippen LogP contribution in [0.2, 0.25) is 5.02 Å². The van der Waals surface area contributed by atoms with E-state index in [4.69, 9.17) is 16.3 Å². The van der Waals surface area contributed by atoms with E-state index >= 15 is 0 Å². The van der Waals surface area contributed by atoms with E-state index in [1.165, 1.54) is 11.3 Å². The van der Waals surface area contributed by atoms with Gasteiger partial charge < -0.3 is 20.4 Å². The number of aromatic amines is 1. The summed E-state index contributed by atoms with van der Waals surface area (Å²) in [6, 6.07) is 7.02. The van der Waals surface area contributed by atoms with Gasteiger partial charge in [-0.25, -0.2) is 4.98 Å². The molecule has 1 aromatic carbocycles. The first-order valence-electron chi connectivity index (χ1n) is 11.7. The largest absolute Gasteiger partial charge is 0.379 e. The number of amides is 2. The minimum Gasteiger partial charge on any atom is -0.379 e. The van der Waals surface area contributed by atoms with Crippen molar-refractivity contribution in [3.8, 4) is 0 Å². The summed E-state index contributed by atoms with van der Waals surface area (Å²) < 4.78 is 5.39. The van der Waals surface area contributed by atoms with Gasteiger partial charge in [0.25, 0.3) is 11.8 Å². The highest BCUT2D eigenvalue weighted by molar-refractivity contribution is 7.11. The molecule has 2 aromatic heterocycles. The van der Waals surface area contributed by atoms with E-state index in [0.29, 0.717) is 15.7 Å². The van der Waals surface area contributed by atoms with Crippen molar-refractivity contribution in [2.24, 2.45) is 0 Å². The molecule has 0 spiro atoms. The molecule has 2 fully saturated rings. The Bertz CT molecular complexity index is 1170. The van der Waals surface area contributed by atoms with Gasteiger partial charge in [0.05, 0.1) is 18.9 Å². The standard InChI is InChI=1S/C24H28ClN5O3S/c25-16-5-6-18-15(11-16)12-21(27-18)22(31)28-19-3-1-2-4-20(19)29-23(32)24-26-17(14-34-24)13-30-7-9-33-10-8-30/h5-6,11-12,14,19-20,27H,1-4,7-10,13H2,(H,28,31)(H,29,32)/t19-,20+/m1/s1. The Kier molecular flexibility index (Phi) is 7.15. The maximum Gasteiger partial charge on any atom is 0.280 e. The van der Waals surface area contributed by atoms with Crippen molar-refractivity contribution < 1.29 is 14.3 Å². The summed E-state index contributed by atoms with van der Waals surface area (Å²) in [5, 5.41) is 10.2. The Balaban J connectivity index is 1.21. The summed E-state index contributed by atoms with van der Waals surface area (Å²) in [5.41, 5.74) is 2.25. The minimum absolute atomic E-state index is 0.129. The molecule has 1 saturated heterocycles. The van der Waals surface area contributed by atoms with E-state index in [2.05, 4.69) is 25.5 Å². The van der Waals surface area contributed by atoms with Crippen LogP contribution in [0.4, 0.5) is 0 Å². The van der Waals surface area contributed by atoms with Gasteiger partial charge in [-0.3, -0.25) is 14.5 Å². The van der Waals surface area contributed by atoms with Crippen molar-refractivity contribution in [2.75, 3.05) is 26.3 Å². The maximum absolute atomic E-state index is 12.9. The Labute approximate surface area is 207 Å². The fourth-order valence-corrected chi connectivity index (χ4v) is 5.54. The van der Waals surface area contributed by atoms with Gasteiger partial charge in [0.1, 0.15) is 5.69 Å². The molecule has 3 aromatic rings. The van der Waals surface area contributed by atoms with Crippen LogP contribution in [0, 0.1) is 0 Å². The average Bonchev–Trinajstić information content (AvgIpc) is 3.48. The van der Waals surface area contributed by atoms with Crippen molar-refractivity contribution in [3.05, 3.63) is 51.1 Å². The smallest absolute Gasteiger partial charge is 0.280 e. The summed E-state index contributed by atoms with van der Waals surface area (Å²) in [7, 11) is 0. The van der Waals surface area contributed by atoms with Crippen LogP contribution in [0.25, 0.3) is 10.9 Å². The second-order valence-corrected chi connectivity index (χ2v) is 10.2. The Morgan fingerprint density at radius 1 is 1.12 bits per heavy atom. The van der Waals surface area contributed by atoms with Crippen LogP contribution in [0.3, 0.4) is 0 Å². The number of carbonyl (C=O) groups excluding carboxylic acids is 2. The second-order valence-electron chi connectivity index (χ2n) is 8.89. The molecule has 1 saturated carbocycles. The zero-order valence-corrected chi connectivity index (χ0v) is 20.4. The SMILES string of the molecule is O=C(N[C@@H]1CCCC[C@@H]1NC(=O)c1nc(CN2CCOCC2)cs1)c1cc2cc(Cl)ccc2[nH]1. The topological polar surface area (TPSA) is 99.3 Å². The number of nitrogens with one attached hydrogen (secondary N) is 3. The number of fused-ring (bicyclic) bond motifs is 1. The molecule has 3 N–H and O–H groups in total. The molecule has 10 heteroatoms. The normalized spacial score (nSPS) is 21.4.